The van der Waals surface area contributed by atoms with Crippen molar-refractivity contribution in [2.24, 2.45) is 0 Å². The first kappa shape index (κ1) is 22.8. The van der Waals surface area contributed by atoms with Crippen LogP contribution in [-0.4, -0.2) is 55.4 Å². The summed E-state index contributed by atoms with van der Waals surface area (Å²) in [6.45, 7) is 11.7. The van der Waals surface area contributed by atoms with Crippen molar-refractivity contribution in [2.45, 2.75) is 78.2 Å². The number of aromatic nitrogens is 3. The summed E-state index contributed by atoms with van der Waals surface area (Å²) >= 11 is 0. The number of amides is 1. The lowest BCUT2D eigenvalue weighted by atomic mass is 10.1. The molecule has 0 bridgehead atoms. The number of fused-ring (bicyclic) bond motifs is 1. The van der Waals surface area contributed by atoms with Gasteiger partial charge in [-0.3, -0.25) is 13.9 Å². The van der Waals surface area contributed by atoms with Gasteiger partial charge >= 0.3 is 17.8 Å². The molecule has 0 N–H and O–H groups in total. The summed E-state index contributed by atoms with van der Waals surface area (Å²) in [5.74, 6) is -0.475. The maximum absolute atomic E-state index is 13.3. The van der Waals surface area contributed by atoms with Gasteiger partial charge in [-0.1, -0.05) is 0 Å². The van der Waals surface area contributed by atoms with Crippen molar-refractivity contribution in [3.63, 3.8) is 0 Å². The van der Waals surface area contributed by atoms with Gasteiger partial charge < -0.3 is 14.4 Å². The molecule has 0 aliphatic carbocycles. The second kappa shape index (κ2) is 8.36. The molecule has 0 aromatic carbocycles. The van der Waals surface area contributed by atoms with Gasteiger partial charge in [-0.25, -0.2) is 14.6 Å². The summed E-state index contributed by atoms with van der Waals surface area (Å²) in [5.41, 5.74) is -0.356. The van der Waals surface area contributed by atoms with Crippen LogP contribution in [0.25, 0.3) is 11.2 Å². The number of carbonyl (C=O) groups excluding carboxylic acids is 2. The summed E-state index contributed by atoms with van der Waals surface area (Å²) in [6.07, 6.45) is 2.48. The molecule has 0 atom stereocenters. The van der Waals surface area contributed by atoms with Crippen molar-refractivity contribution in [1.82, 2.24) is 19.0 Å². The molecule has 1 amide bonds. The molecule has 1 aliphatic rings. The number of rotatable bonds is 3. The maximum atomic E-state index is 13.3. The maximum Gasteiger partial charge on any atom is 0.410 e. The van der Waals surface area contributed by atoms with E-state index < -0.39 is 17.2 Å². The SMILES string of the molecule is CC(C)(C)OC(=O)Cn1c(=O)n(C2CCN(C(=O)OC(C)(C)C)CC2)c2ncccc21. The molecule has 1 fully saturated rings. The predicted molar refractivity (Wildman–Crippen MR) is 116 cm³/mol. The number of imidazole rings is 1. The van der Waals surface area contributed by atoms with Crippen LogP contribution in [0, 0.1) is 0 Å². The van der Waals surface area contributed by atoms with Crippen molar-refractivity contribution in [2.75, 3.05) is 13.1 Å². The zero-order chi connectivity index (χ0) is 23.0. The third-order valence-corrected chi connectivity index (χ3v) is 4.91. The molecule has 3 heterocycles. The first-order chi connectivity index (χ1) is 14.4. The van der Waals surface area contributed by atoms with E-state index in [0.717, 1.165) is 0 Å². The van der Waals surface area contributed by atoms with Gasteiger partial charge in [0.2, 0.25) is 0 Å². The van der Waals surface area contributed by atoms with Crippen molar-refractivity contribution >= 4 is 23.2 Å². The van der Waals surface area contributed by atoms with E-state index in [2.05, 4.69) is 4.98 Å². The van der Waals surface area contributed by atoms with Crippen LogP contribution in [0.5, 0.6) is 0 Å². The Balaban J connectivity index is 1.82. The van der Waals surface area contributed by atoms with E-state index in [0.29, 0.717) is 37.1 Å². The Bertz CT molecular complexity index is 1020. The lowest BCUT2D eigenvalue weighted by Crippen LogP contribution is -2.43. The largest absolute Gasteiger partial charge is 0.459 e. The highest BCUT2D eigenvalue weighted by atomic mass is 16.6. The molecule has 3 rings (SSSR count). The molecule has 1 saturated heterocycles. The Kier molecular flexibility index (Phi) is 6.16. The molecule has 0 saturated carbocycles. The van der Waals surface area contributed by atoms with Crippen LogP contribution in [0.4, 0.5) is 4.79 Å². The van der Waals surface area contributed by atoms with Crippen molar-refractivity contribution in [3.8, 4) is 0 Å². The molecule has 0 spiro atoms. The van der Waals surface area contributed by atoms with E-state index in [4.69, 9.17) is 9.47 Å². The number of piperidine rings is 1. The first-order valence-electron chi connectivity index (χ1n) is 10.6. The van der Waals surface area contributed by atoms with E-state index >= 15 is 0 Å². The lowest BCUT2D eigenvalue weighted by Gasteiger charge is -2.33. The first-order valence-corrected chi connectivity index (χ1v) is 10.6. The Morgan fingerprint density at radius 3 is 2.26 bits per heavy atom. The molecule has 9 heteroatoms. The van der Waals surface area contributed by atoms with Gasteiger partial charge in [0.15, 0.2) is 5.65 Å². The number of hydrogen-bond acceptors (Lipinski definition) is 6. The van der Waals surface area contributed by atoms with Gasteiger partial charge in [0, 0.05) is 25.3 Å². The van der Waals surface area contributed by atoms with Crippen LogP contribution in [0.2, 0.25) is 0 Å². The minimum atomic E-state index is -0.633. The summed E-state index contributed by atoms with van der Waals surface area (Å²) in [6, 6.07) is 3.40. The summed E-state index contributed by atoms with van der Waals surface area (Å²) < 4.78 is 13.9. The highest BCUT2D eigenvalue weighted by Crippen LogP contribution is 2.26. The highest BCUT2D eigenvalue weighted by molar-refractivity contribution is 5.76. The third kappa shape index (κ3) is 5.45. The summed E-state index contributed by atoms with van der Waals surface area (Å²) in [4.78, 5) is 44.1. The number of pyridine rings is 1. The smallest absolute Gasteiger partial charge is 0.410 e. The zero-order valence-corrected chi connectivity index (χ0v) is 19.2. The topological polar surface area (TPSA) is 95.7 Å². The molecule has 0 radical (unpaired) electrons. The lowest BCUT2D eigenvalue weighted by molar-refractivity contribution is -0.155. The number of carbonyl (C=O) groups is 2. The van der Waals surface area contributed by atoms with E-state index in [9.17, 15) is 14.4 Å². The number of hydrogen-bond donors (Lipinski definition) is 0. The second-order valence-corrected chi connectivity index (χ2v) is 9.87. The Hall–Kier alpha value is -2.84. The molecule has 170 valence electrons. The van der Waals surface area contributed by atoms with Gasteiger partial charge in [0.1, 0.15) is 17.7 Å². The number of nitrogens with zero attached hydrogens (tertiary/aromatic N) is 4. The number of esters is 1. The van der Waals surface area contributed by atoms with Gasteiger partial charge in [-0.15, -0.1) is 0 Å². The highest BCUT2D eigenvalue weighted by Gasteiger charge is 2.30. The standard InChI is InChI=1S/C22H32N4O5/c1-21(2,3)30-17(27)14-25-16-8-7-11-23-18(16)26(19(25)28)15-9-12-24(13-10-15)20(29)31-22(4,5)6/h7-8,11,15H,9-10,12-14H2,1-6H3. The fraction of sp³-hybridized carbons (Fsp3) is 0.636. The minimum absolute atomic E-state index is 0.122. The van der Waals surface area contributed by atoms with Crippen molar-refractivity contribution in [3.05, 3.63) is 28.8 Å². The van der Waals surface area contributed by atoms with E-state index in [1.807, 2.05) is 20.8 Å². The van der Waals surface area contributed by atoms with Crippen LogP contribution in [0.3, 0.4) is 0 Å². The Morgan fingerprint density at radius 1 is 1.06 bits per heavy atom. The van der Waals surface area contributed by atoms with Crippen molar-refractivity contribution < 1.29 is 19.1 Å². The van der Waals surface area contributed by atoms with Crippen LogP contribution in [-0.2, 0) is 20.8 Å². The van der Waals surface area contributed by atoms with E-state index in [-0.39, 0.29) is 24.4 Å². The predicted octanol–water partition coefficient (Wildman–Crippen LogP) is 3.11. The van der Waals surface area contributed by atoms with Crippen LogP contribution < -0.4 is 5.69 Å². The average molecular weight is 433 g/mol. The van der Waals surface area contributed by atoms with Gasteiger partial charge in [-0.05, 0) is 66.5 Å². The molecule has 2 aromatic rings. The molecule has 31 heavy (non-hydrogen) atoms. The fourth-order valence-electron chi connectivity index (χ4n) is 3.73. The van der Waals surface area contributed by atoms with Crippen LogP contribution >= 0.6 is 0 Å². The molecule has 0 unspecified atom stereocenters. The zero-order valence-electron chi connectivity index (χ0n) is 19.2. The van der Waals surface area contributed by atoms with Gasteiger partial charge in [0.05, 0.1) is 5.52 Å². The Morgan fingerprint density at radius 2 is 1.68 bits per heavy atom. The second-order valence-electron chi connectivity index (χ2n) is 9.87. The Labute approximate surface area is 181 Å². The monoisotopic (exact) mass is 432 g/mol. The van der Waals surface area contributed by atoms with Crippen LogP contribution in [0.15, 0.2) is 23.1 Å². The molecular weight excluding hydrogens is 400 g/mol. The van der Waals surface area contributed by atoms with Gasteiger partial charge in [0.25, 0.3) is 0 Å². The quantitative estimate of drug-likeness (QED) is 0.692. The normalized spacial score (nSPS) is 15.9. The molecular formula is C22H32N4O5. The molecule has 1 aliphatic heterocycles. The minimum Gasteiger partial charge on any atom is -0.459 e. The third-order valence-electron chi connectivity index (χ3n) is 4.91. The molecule has 2 aromatic heterocycles. The molecule has 9 nitrogen and oxygen atoms in total. The van der Waals surface area contributed by atoms with Crippen LogP contribution in [0.1, 0.15) is 60.4 Å². The average Bonchev–Trinajstić information content (AvgIpc) is 2.91. The van der Waals surface area contributed by atoms with Gasteiger partial charge in [-0.2, -0.15) is 0 Å². The number of ether oxygens (including phenoxy) is 2. The van der Waals surface area contributed by atoms with E-state index in [1.54, 1.807) is 48.6 Å². The summed E-state index contributed by atoms with van der Waals surface area (Å²) in [7, 11) is 0. The van der Waals surface area contributed by atoms with Crippen molar-refractivity contribution in [1.29, 1.82) is 0 Å². The van der Waals surface area contributed by atoms with E-state index in [1.165, 1.54) is 4.57 Å². The number of likely N-dealkylation sites (tertiary alicyclic amines) is 1. The fourth-order valence-corrected chi connectivity index (χ4v) is 3.73. The summed E-state index contributed by atoms with van der Waals surface area (Å²) in [5, 5.41) is 0.